The number of nitrogens with one attached hydrogen (secondary N) is 1. The largest absolute Gasteiger partial charge is 0.756 e. The van der Waals surface area contributed by atoms with Gasteiger partial charge in [-0.3, -0.25) is 9.36 Å². The first-order chi connectivity index (χ1) is 38.5. The summed E-state index contributed by atoms with van der Waals surface area (Å²) in [5, 5.41) is 13.9. The van der Waals surface area contributed by atoms with E-state index < -0.39 is 20.0 Å². The molecule has 3 atom stereocenters. The molecule has 0 saturated carbocycles. The second kappa shape index (κ2) is 61.5. The van der Waals surface area contributed by atoms with Crippen molar-refractivity contribution in [1.82, 2.24) is 5.32 Å². The molecule has 2 N–H and O–H groups in total. The summed E-state index contributed by atoms with van der Waals surface area (Å²) in [4.78, 5) is 25.6. The van der Waals surface area contributed by atoms with E-state index in [4.69, 9.17) is 9.05 Å². The average Bonchev–Trinajstić information content (AvgIpc) is 3.42. The summed E-state index contributed by atoms with van der Waals surface area (Å²) in [7, 11) is 1.26. The number of allylic oxidation sites excluding steroid dienone is 3. The lowest BCUT2D eigenvalue weighted by atomic mass is 10.0. The Bertz CT molecular complexity index is 1340. The molecule has 8 nitrogen and oxygen atoms in total. The van der Waals surface area contributed by atoms with E-state index in [1.54, 1.807) is 6.08 Å². The molecule has 0 aromatic rings. The molecule has 0 bridgehead atoms. The number of nitrogens with zero attached hydrogens (tertiary/aromatic N) is 1. The van der Waals surface area contributed by atoms with Crippen molar-refractivity contribution < 1.29 is 32.9 Å². The summed E-state index contributed by atoms with van der Waals surface area (Å²) >= 11 is 0. The minimum Gasteiger partial charge on any atom is -0.756 e. The molecule has 470 valence electrons. The molecule has 0 aliphatic carbocycles. The van der Waals surface area contributed by atoms with Crippen LogP contribution in [0.1, 0.15) is 367 Å². The second-order valence-corrected chi connectivity index (χ2v) is 27.0. The van der Waals surface area contributed by atoms with Crippen LogP contribution in [0.2, 0.25) is 0 Å². The van der Waals surface area contributed by atoms with Crippen LogP contribution in [-0.4, -0.2) is 68.5 Å². The number of rotatable bonds is 66. The van der Waals surface area contributed by atoms with E-state index in [0.717, 1.165) is 38.5 Å². The predicted molar refractivity (Wildman–Crippen MR) is 344 cm³/mol. The number of unbranched alkanes of at least 4 members (excludes halogenated alkanes) is 51. The monoisotopic (exact) mass is 1140 g/mol. The van der Waals surface area contributed by atoms with Crippen LogP contribution in [0.25, 0.3) is 0 Å². The van der Waals surface area contributed by atoms with Gasteiger partial charge in [-0.05, 0) is 32.1 Å². The Balaban J connectivity index is 4.07. The molecular formula is C70H139N2O6P. The first-order valence-corrected chi connectivity index (χ1v) is 36.7. The number of phosphoric acid groups is 1. The highest BCUT2D eigenvalue weighted by molar-refractivity contribution is 7.45. The normalized spacial score (nSPS) is 13.8. The summed E-state index contributed by atoms with van der Waals surface area (Å²) < 4.78 is 23.4. The van der Waals surface area contributed by atoms with E-state index in [-0.39, 0.29) is 19.1 Å². The molecule has 0 aromatic heterocycles. The first-order valence-electron chi connectivity index (χ1n) is 35.2. The van der Waals surface area contributed by atoms with Crippen molar-refractivity contribution in [3.8, 4) is 0 Å². The van der Waals surface area contributed by atoms with Crippen molar-refractivity contribution in [2.24, 2.45) is 0 Å². The third-order valence-corrected chi connectivity index (χ3v) is 17.4. The Morgan fingerprint density at radius 1 is 0.430 bits per heavy atom. The Kier molecular flexibility index (Phi) is 60.7. The van der Waals surface area contributed by atoms with E-state index in [0.29, 0.717) is 17.4 Å². The van der Waals surface area contributed by atoms with E-state index in [9.17, 15) is 19.4 Å². The number of hydrogen-bond acceptors (Lipinski definition) is 6. The molecule has 0 spiro atoms. The van der Waals surface area contributed by atoms with Gasteiger partial charge in [0.25, 0.3) is 7.82 Å². The van der Waals surface area contributed by atoms with E-state index in [1.165, 1.54) is 308 Å². The van der Waals surface area contributed by atoms with E-state index >= 15 is 0 Å². The molecule has 0 aliphatic rings. The topological polar surface area (TPSA) is 108 Å². The van der Waals surface area contributed by atoms with Crippen molar-refractivity contribution in [1.29, 1.82) is 0 Å². The lowest BCUT2D eigenvalue weighted by Crippen LogP contribution is -2.45. The third-order valence-electron chi connectivity index (χ3n) is 16.4. The Labute approximate surface area is 494 Å². The molecule has 0 aromatic carbocycles. The maximum atomic E-state index is 13.0. The number of amides is 1. The SMILES string of the molecule is CCCCCCCCCCCCCCCCCCCCCCCC/C=C/CC/C=C/C(O)C(COP(=O)([O-])OCC[N+](C)(C)C)NC(=O)CCCCCCCCCCCCCCCCCCCCCCCCCCCCCCC. The number of likely N-dealkylation sites (N-methyl/N-ethyl adjacent to an activating group) is 1. The van der Waals surface area contributed by atoms with Gasteiger partial charge in [-0.1, -0.05) is 353 Å². The van der Waals surface area contributed by atoms with Crippen LogP contribution in [-0.2, 0) is 18.4 Å². The van der Waals surface area contributed by atoms with Crippen LogP contribution in [0, 0.1) is 0 Å². The zero-order valence-corrected chi connectivity index (χ0v) is 54.8. The minimum absolute atomic E-state index is 0.00339. The zero-order valence-electron chi connectivity index (χ0n) is 53.9. The van der Waals surface area contributed by atoms with Crippen molar-refractivity contribution in [2.75, 3.05) is 40.9 Å². The molecule has 0 rings (SSSR count). The highest BCUT2D eigenvalue weighted by atomic mass is 31.2. The molecule has 0 radical (unpaired) electrons. The molecule has 0 fully saturated rings. The van der Waals surface area contributed by atoms with Gasteiger partial charge in [-0.2, -0.15) is 0 Å². The number of aliphatic hydroxyl groups is 1. The van der Waals surface area contributed by atoms with Crippen molar-refractivity contribution in [3.05, 3.63) is 24.3 Å². The van der Waals surface area contributed by atoms with Gasteiger partial charge in [0.2, 0.25) is 5.91 Å². The fourth-order valence-electron chi connectivity index (χ4n) is 10.9. The van der Waals surface area contributed by atoms with Crippen LogP contribution in [0.15, 0.2) is 24.3 Å². The number of aliphatic hydroxyl groups excluding tert-OH is 1. The van der Waals surface area contributed by atoms with E-state index in [2.05, 4.69) is 31.3 Å². The quantitative estimate of drug-likeness (QED) is 0.0272. The fourth-order valence-corrected chi connectivity index (χ4v) is 11.7. The Morgan fingerprint density at radius 3 is 1.03 bits per heavy atom. The van der Waals surface area contributed by atoms with Gasteiger partial charge in [-0.25, -0.2) is 0 Å². The van der Waals surface area contributed by atoms with Crippen LogP contribution < -0.4 is 10.2 Å². The second-order valence-electron chi connectivity index (χ2n) is 25.6. The van der Waals surface area contributed by atoms with Gasteiger partial charge in [0.05, 0.1) is 39.9 Å². The van der Waals surface area contributed by atoms with Gasteiger partial charge >= 0.3 is 0 Å². The Morgan fingerprint density at radius 2 is 0.709 bits per heavy atom. The lowest BCUT2D eigenvalue weighted by molar-refractivity contribution is -0.870. The third kappa shape index (κ3) is 64.4. The van der Waals surface area contributed by atoms with Crippen molar-refractivity contribution >= 4 is 13.7 Å². The van der Waals surface area contributed by atoms with Crippen molar-refractivity contribution in [3.63, 3.8) is 0 Å². The molecule has 9 heteroatoms. The van der Waals surface area contributed by atoms with Crippen molar-refractivity contribution in [2.45, 2.75) is 379 Å². The lowest BCUT2D eigenvalue weighted by Gasteiger charge is -2.29. The summed E-state index contributed by atoms with van der Waals surface area (Å²) in [6.07, 6.45) is 80.3. The molecule has 1 amide bonds. The molecule has 0 heterocycles. The number of carbonyl (C=O) groups is 1. The van der Waals surface area contributed by atoms with Crippen LogP contribution in [0.3, 0.4) is 0 Å². The van der Waals surface area contributed by atoms with Crippen LogP contribution >= 0.6 is 7.82 Å². The smallest absolute Gasteiger partial charge is 0.268 e. The average molecular weight is 1140 g/mol. The molecular weight excluding hydrogens is 996 g/mol. The number of carbonyl (C=O) groups excluding carboxylic acids is 1. The fraction of sp³-hybridized carbons (Fsp3) is 0.929. The summed E-state index contributed by atoms with van der Waals surface area (Å²) in [5.41, 5.74) is 0. The molecule has 0 aliphatic heterocycles. The molecule has 79 heavy (non-hydrogen) atoms. The number of quaternary nitrogens is 1. The zero-order chi connectivity index (χ0) is 57.7. The standard InChI is InChI=1S/C70H139N2O6P/c1-6-8-10-12-14-16-18-20-22-24-26-28-30-32-34-36-38-40-42-44-46-48-50-52-54-56-58-60-62-64-70(74)71-68(67-78-79(75,76)77-66-65-72(3,4)5)69(73)63-61-59-57-55-53-51-49-47-45-43-41-39-37-35-33-31-29-27-25-23-21-19-17-15-13-11-9-7-2/h53,55,61,63,68-69,73H,6-52,54,56-60,62,64-67H2,1-5H3,(H-,71,74,75,76)/b55-53+,63-61+. The summed E-state index contributed by atoms with van der Waals surface area (Å²) in [5.74, 6) is -0.198. The van der Waals surface area contributed by atoms with Crippen LogP contribution in [0.4, 0.5) is 0 Å². The maximum absolute atomic E-state index is 13.0. The predicted octanol–water partition coefficient (Wildman–Crippen LogP) is 21.6. The van der Waals surface area contributed by atoms with Gasteiger partial charge in [0.1, 0.15) is 13.2 Å². The molecule has 3 unspecified atom stereocenters. The number of phosphoric ester groups is 1. The van der Waals surface area contributed by atoms with Crippen LogP contribution in [0.5, 0.6) is 0 Å². The first kappa shape index (κ1) is 78.0. The highest BCUT2D eigenvalue weighted by Gasteiger charge is 2.23. The van der Waals surface area contributed by atoms with E-state index in [1.807, 2.05) is 27.2 Å². The molecule has 0 saturated heterocycles. The highest BCUT2D eigenvalue weighted by Crippen LogP contribution is 2.38. The Hall–Kier alpha value is -1.02. The maximum Gasteiger partial charge on any atom is 0.268 e. The van der Waals surface area contributed by atoms with Gasteiger partial charge in [-0.15, -0.1) is 0 Å². The minimum atomic E-state index is -4.61. The van der Waals surface area contributed by atoms with Gasteiger partial charge < -0.3 is 28.8 Å². The number of hydrogen-bond donors (Lipinski definition) is 2. The van der Waals surface area contributed by atoms with Gasteiger partial charge in [0.15, 0.2) is 0 Å². The summed E-state index contributed by atoms with van der Waals surface area (Å²) in [6.45, 7) is 4.70. The summed E-state index contributed by atoms with van der Waals surface area (Å²) in [6, 6.07) is -0.902. The van der Waals surface area contributed by atoms with Gasteiger partial charge in [0, 0.05) is 6.42 Å².